The molecule has 1 aromatic heterocycles. The van der Waals surface area contributed by atoms with Crippen molar-refractivity contribution in [3.8, 4) is 22.3 Å². The van der Waals surface area contributed by atoms with Gasteiger partial charge in [-0.05, 0) is 53.8 Å². The number of nitrogens with two attached hydrogens (primary N) is 1. The molecule has 2 aromatic carbocycles. The molecule has 0 saturated carbocycles. The van der Waals surface area contributed by atoms with Gasteiger partial charge in [-0.15, -0.1) is 0 Å². The van der Waals surface area contributed by atoms with Crippen LogP contribution in [0.25, 0.3) is 22.3 Å². The molecule has 3 N–H and O–H groups in total. The summed E-state index contributed by atoms with van der Waals surface area (Å²) in [5.41, 5.74) is 13.2. The molecular formula is C25H26N4O2. The van der Waals surface area contributed by atoms with Gasteiger partial charge in [-0.3, -0.25) is 4.79 Å². The molecule has 0 bridgehead atoms. The number of anilines is 2. The van der Waals surface area contributed by atoms with E-state index in [1.54, 1.807) is 7.11 Å². The van der Waals surface area contributed by atoms with Crippen LogP contribution in [0.2, 0.25) is 0 Å². The normalized spacial score (nSPS) is 18.0. The highest BCUT2D eigenvalue weighted by Gasteiger charge is 2.22. The number of carbonyl (C=O) groups is 1. The topological polar surface area (TPSA) is 80.5 Å². The summed E-state index contributed by atoms with van der Waals surface area (Å²) >= 11 is 0. The second-order valence-corrected chi connectivity index (χ2v) is 8.17. The molecule has 1 amide bonds. The number of benzene rings is 2. The lowest BCUT2D eigenvalue weighted by Gasteiger charge is -2.19. The lowest BCUT2D eigenvalue weighted by molar-refractivity contribution is 0.0946. The largest absolute Gasteiger partial charge is 0.383 e. The number of nitrogen functional groups attached to an aromatic ring is 1. The number of nitrogens with zero attached hydrogens (tertiary/aromatic N) is 2. The highest BCUT2D eigenvalue weighted by Crippen LogP contribution is 2.32. The maximum absolute atomic E-state index is 12.0. The number of methoxy groups -OCH3 is 1. The highest BCUT2D eigenvalue weighted by molar-refractivity contribution is 5.97. The monoisotopic (exact) mass is 414 g/mol. The molecule has 5 rings (SSSR count). The summed E-state index contributed by atoms with van der Waals surface area (Å²) in [6.45, 7) is 2.61. The Morgan fingerprint density at radius 2 is 1.87 bits per heavy atom. The van der Waals surface area contributed by atoms with Crippen LogP contribution in [0.5, 0.6) is 0 Å². The SMILES string of the molecule is CO[C@@H]1CCN(c2ccc(-c3cnc(N)c(-c4ccc5c(c4)CCNC5=O)c3)cc2)C1. The smallest absolute Gasteiger partial charge is 0.251 e. The molecule has 158 valence electrons. The fraction of sp³-hybridized carbons (Fsp3) is 0.280. The van der Waals surface area contributed by atoms with Gasteiger partial charge in [0, 0.05) is 55.3 Å². The number of hydrogen-bond donors (Lipinski definition) is 2. The predicted molar refractivity (Wildman–Crippen MR) is 123 cm³/mol. The van der Waals surface area contributed by atoms with Crippen LogP contribution in [0, 0.1) is 0 Å². The molecule has 2 aliphatic rings. The first-order valence-corrected chi connectivity index (χ1v) is 10.7. The zero-order valence-corrected chi connectivity index (χ0v) is 17.6. The van der Waals surface area contributed by atoms with Crippen molar-refractivity contribution in [1.82, 2.24) is 10.3 Å². The quantitative estimate of drug-likeness (QED) is 0.683. The van der Waals surface area contributed by atoms with E-state index in [1.807, 2.05) is 18.3 Å². The van der Waals surface area contributed by atoms with Gasteiger partial charge in [0.05, 0.1) is 6.10 Å². The van der Waals surface area contributed by atoms with E-state index in [-0.39, 0.29) is 5.91 Å². The Morgan fingerprint density at radius 1 is 1.06 bits per heavy atom. The van der Waals surface area contributed by atoms with Crippen LogP contribution in [0.1, 0.15) is 22.3 Å². The Balaban J connectivity index is 1.43. The van der Waals surface area contributed by atoms with Gasteiger partial charge < -0.3 is 20.7 Å². The summed E-state index contributed by atoms with van der Waals surface area (Å²) in [4.78, 5) is 18.8. The Morgan fingerprint density at radius 3 is 2.65 bits per heavy atom. The van der Waals surface area contributed by atoms with Gasteiger partial charge in [0.2, 0.25) is 0 Å². The van der Waals surface area contributed by atoms with Crippen molar-refractivity contribution < 1.29 is 9.53 Å². The van der Waals surface area contributed by atoms with Gasteiger partial charge in [0.25, 0.3) is 5.91 Å². The number of amides is 1. The van der Waals surface area contributed by atoms with Crippen LogP contribution in [0.15, 0.2) is 54.7 Å². The van der Waals surface area contributed by atoms with Crippen LogP contribution >= 0.6 is 0 Å². The Bertz CT molecular complexity index is 1130. The van der Waals surface area contributed by atoms with Crippen molar-refractivity contribution in [1.29, 1.82) is 0 Å². The molecule has 0 spiro atoms. The number of fused-ring (bicyclic) bond motifs is 1. The van der Waals surface area contributed by atoms with Crippen LogP contribution in [0.3, 0.4) is 0 Å². The molecule has 1 atom stereocenters. The van der Waals surface area contributed by atoms with E-state index in [1.165, 1.54) is 5.69 Å². The van der Waals surface area contributed by atoms with Gasteiger partial charge in [-0.2, -0.15) is 0 Å². The number of pyridine rings is 1. The average Bonchev–Trinajstić information content (AvgIpc) is 3.29. The number of aromatic nitrogens is 1. The Kier molecular flexibility index (Phi) is 5.08. The van der Waals surface area contributed by atoms with Crippen molar-refractivity contribution in [3.05, 3.63) is 65.9 Å². The minimum absolute atomic E-state index is 0.0115. The fourth-order valence-electron chi connectivity index (χ4n) is 4.48. The number of carbonyl (C=O) groups excluding carboxylic acids is 1. The van der Waals surface area contributed by atoms with Gasteiger partial charge in [0.15, 0.2) is 0 Å². The predicted octanol–water partition coefficient (Wildman–Crippen LogP) is 3.51. The van der Waals surface area contributed by atoms with Gasteiger partial charge in [0.1, 0.15) is 5.82 Å². The number of hydrogen-bond acceptors (Lipinski definition) is 5. The van der Waals surface area contributed by atoms with Crippen molar-refractivity contribution in [2.24, 2.45) is 0 Å². The first-order valence-electron chi connectivity index (χ1n) is 10.7. The molecule has 0 radical (unpaired) electrons. The van der Waals surface area contributed by atoms with Gasteiger partial charge >= 0.3 is 0 Å². The van der Waals surface area contributed by atoms with E-state index >= 15 is 0 Å². The first kappa shape index (κ1) is 19.6. The molecule has 31 heavy (non-hydrogen) atoms. The molecule has 6 heteroatoms. The molecule has 0 unspecified atom stereocenters. The zero-order valence-electron chi connectivity index (χ0n) is 17.6. The molecule has 0 aliphatic carbocycles. The van der Waals surface area contributed by atoms with Crippen LogP contribution in [0.4, 0.5) is 11.5 Å². The second kappa shape index (κ2) is 8.04. The summed E-state index contributed by atoms with van der Waals surface area (Å²) < 4.78 is 5.48. The van der Waals surface area contributed by atoms with Crippen LogP contribution in [-0.4, -0.2) is 43.7 Å². The van der Waals surface area contributed by atoms with E-state index in [2.05, 4.69) is 51.6 Å². The summed E-state index contributed by atoms with van der Waals surface area (Å²) in [6, 6.07) is 16.5. The molecule has 2 aliphatic heterocycles. The summed E-state index contributed by atoms with van der Waals surface area (Å²) in [5, 5.41) is 2.88. The molecule has 3 aromatic rings. The van der Waals surface area contributed by atoms with Crippen molar-refractivity contribution in [2.45, 2.75) is 18.9 Å². The zero-order chi connectivity index (χ0) is 21.4. The standard InChI is InChI=1S/C25H26N4O2/c1-31-21-9-11-29(15-21)20-5-2-16(3-6-20)19-13-23(24(26)28-14-19)17-4-7-22-18(12-17)8-10-27-25(22)30/h2-7,12-14,21H,8-11,15H2,1H3,(H2,26,28)(H,27,30)/t21-/m1/s1. The lowest BCUT2D eigenvalue weighted by Crippen LogP contribution is -2.31. The molecule has 1 saturated heterocycles. The van der Waals surface area contributed by atoms with Gasteiger partial charge in [-0.25, -0.2) is 4.98 Å². The van der Waals surface area contributed by atoms with Crippen LogP contribution < -0.4 is 16.0 Å². The van der Waals surface area contributed by atoms with E-state index in [9.17, 15) is 4.79 Å². The fourth-order valence-corrected chi connectivity index (χ4v) is 4.48. The molecule has 3 heterocycles. The third-order valence-corrected chi connectivity index (χ3v) is 6.30. The van der Waals surface area contributed by atoms with E-state index in [0.29, 0.717) is 18.5 Å². The third-order valence-electron chi connectivity index (χ3n) is 6.30. The van der Waals surface area contributed by atoms with Crippen LogP contribution in [-0.2, 0) is 11.2 Å². The minimum atomic E-state index is -0.0115. The van der Waals surface area contributed by atoms with Crippen molar-refractivity contribution in [2.75, 3.05) is 37.4 Å². The number of ether oxygens (including phenoxy) is 1. The average molecular weight is 415 g/mol. The minimum Gasteiger partial charge on any atom is -0.383 e. The lowest BCUT2D eigenvalue weighted by atomic mass is 9.94. The molecule has 1 fully saturated rings. The molecule has 6 nitrogen and oxygen atoms in total. The van der Waals surface area contributed by atoms with Gasteiger partial charge in [-0.1, -0.05) is 24.3 Å². The highest BCUT2D eigenvalue weighted by atomic mass is 16.5. The number of rotatable bonds is 4. The maximum atomic E-state index is 12.0. The second-order valence-electron chi connectivity index (χ2n) is 8.17. The number of nitrogens with one attached hydrogen (secondary N) is 1. The van der Waals surface area contributed by atoms with Crippen molar-refractivity contribution >= 4 is 17.4 Å². The maximum Gasteiger partial charge on any atom is 0.251 e. The summed E-state index contributed by atoms with van der Waals surface area (Å²) in [6.07, 6.45) is 4.01. The summed E-state index contributed by atoms with van der Waals surface area (Å²) in [7, 11) is 1.78. The Labute approximate surface area is 182 Å². The van der Waals surface area contributed by atoms with E-state index < -0.39 is 0 Å². The third kappa shape index (κ3) is 3.75. The first-order chi connectivity index (χ1) is 15.1. The molecular weight excluding hydrogens is 388 g/mol. The van der Waals surface area contributed by atoms with E-state index in [0.717, 1.165) is 59.3 Å². The Hall–Kier alpha value is -3.38. The van der Waals surface area contributed by atoms with E-state index in [4.69, 9.17) is 10.5 Å². The summed E-state index contributed by atoms with van der Waals surface area (Å²) in [5.74, 6) is 0.478. The van der Waals surface area contributed by atoms with Crippen molar-refractivity contribution in [3.63, 3.8) is 0 Å².